The Morgan fingerprint density at radius 1 is 1.32 bits per heavy atom. The first kappa shape index (κ1) is 15.0. The summed E-state index contributed by atoms with van der Waals surface area (Å²) in [5.41, 5.74) is 2.94. The van der Waals surface area contributed by atoms with Gasteiger partial charge in [0.1, 0.15) is 0 Å². The van der Waals surface area contributed by atoms with Gasteiger partial charge in [0.05, 0.1) is 11.6 Å². The SMILES string of the molecule is CCc1ccc(CC(NN)C2(OC)CCCCC2)s1. The molecule has 1 aliphatic rings. The van der Waals surface area contributed by atoms with E-state index in [1.165, 1.54) is 29.0 Å². The van der Waals surface area contributed by atoms with E-state index in [4.69, 9.17) is 10.6 Å². The van der Waals surface area contributed by atoms with E-state index in [-0.39, 0.29) is 11.6 Å². The van der Waals surface area contributed by atoms with Crippen LogP contribution in [0.25, 0.3) is 0 Å². The number of hydrogen-bond donors (Lipinski definition) is 2. The van der Waals surface area contributed by atoms with Gasteiger partial charge in [-0.25, -0.2) is 0 Å². The van der Waals surface area contributed by atoms with Crippen molar-refractivity contribution in [1.29, 1.82) is 0 Å². The Bertz CT molecular complexity index is 385. The molecule has 19 heavy (non-hydrogen) atoms. The van der Waals surface area contributed by atoms with Crippen molar-refractivity contribution in [1.82, 2.24) is 5.43 Å². The quantitative estimate of drug-likeness (QED) is 0.623. The molecule has 1 atom stereocenters. The maximum atomic E-state index is 5.90. The molecule has 1 aromatic heterocycles. The predicted molar refractivity (Wildman–Crippen MR) is 81.3 cm³/mol. The zero-order chi connectivity index (χ0) is 13.7. The van der Waals surface area contributed by atoms with E-state index in [0.717, 1.165) is 25.7 Å². The molecule has 0 spiro atoms. The molecular weight excluding hydrogens is 256 g/mol. The number of methoxy groups -OCH3 is 1. The van der Waals surface area contributed by atoms with Crippen molar-refractivity contribution in [3.05, 3.63) is 21.9 Å². The second kappa shape index (κ2) is 6.84. The lowest BCUT2D eigenvalue weighted by molar-refractivity contribution is -0.0672. The molecule has 1 aromatic rings. The van der Waals surface area contributed by atoms with Crippen LogP contribution in [0.2, 0.25) is 0 Å². The van der Waals surface area contributed by atoms with Gasteiger partial charge in [0, 0.05) is 23.3 Å². The van der Waals surface area contributed by atoms with Crippen LogP contribution >= 0.6 is 11.3 Å². The largest absolute Gasteiger partial charge is 0.377 e. The zero-order valence-corrected chi connectivity index (χ0v) is 12.9. The third-order valence-electron chi connectivity index (χ3n) is 4.41. The van der Waals surface area contributed by atoms with Crippen LogP contribution in [0.5, 0.6) is 0 Å². The highest BCUT2D eigenvalue weighted by atomic mass is 32.1. The lowest BCUT2D eigenvalue weighted by atomic mass is 9.78. The molecule has 3 N–H and O–H groups in total. The van der Waals surface area contributed by atoms with E-state index in [1.807, 2.05) is 18.4 Å². The summed E-state index contributed by atoms with van der Waals surface area (Å²) < 4.78 is 5.90. The van der Waals surface area contributed by atoms with Crippen LogP contribution < -0.4 is 11.3 Å². The number of ether oxygens (including phenoxy) is 1. The molecule has 0 bridgehead atoms. The number of nitrogens with one attached hydrogen (secondary N) is 1. The summed E-state index contributed by atoms with van der Waals surface area (Å²) in [5.74, 6) is 5.83. The van der Waals surface area contributed by atoms with Crippen molar-refractivity contribution in [3.63, 3.8) is 0 Å². The van der Waals surface area contributed by atoms with Crippen molar-refractivity contribution in [2.24, 2.45) is 5.84 Å². The number of thiophene rings is 1. The van der Waals surface area contributed by atoms with E-state index in [9.17, 15) is 0 Å². The first-order valence-corrected chi connectivity index (χ1v) is 8.14. The van der Waals surface area contributed by atoms with E-state index < -0.39 is 0 Å². The lowest BCUT2D eigenvalue weighted by Crippen LogP contribution is -2.56. The van der Waals surface area contributed by atoms with Crippen molar-refractivity contribution in [2.45, 2.75) is 63.5 Å². The van der Waals surface area contributed by atoms with Crippen LogP contribution in [0.3, 0.4) is 0 Å². The van der Waals surface area contributed by atoms with Gasteiger partial charge in [0.25, 0.3) is 0 Å². The van der Waals surface area contributed by atoms with Gasteiger partial charge in [-0.3, -0.25) is 11.3 Å². The fraction of sp³-hybridized carbons (Fsp3) is 0.733. The van der Waals surface area contributed by atoms with Gasteiger partial charge in [-0.1, -0.05) is 26.2 Å². The lowest BCUT2D eigenvalue weighted by Gasteiger charge is -2.42. The number of hydrazine groups is 1. The van der Waals surface area contributed by atoms with Gasteiger partial charge in [-0.15, -0.1) is 11.3 Å². The van der Waals surface area contributed by atoms with Gasteiger partial charge in [-0.05, 0) is 31.4 Å². The predicted octanol–water partition coefficient (Wildman–Crippen LogP) is 3.03. The maximum absolute atomic E-state index is 5.90. The van der Waals surface area contributed by atoms with E-state index in [0.29, 0.717) is 0 Å². The summed E-state index contributed by atoms with van der Waals surface area (Å²) in [6.45, 7) is 2.20. The molecule has 1 unspecified atom stereocenters. The van der Waals surface area contributed by atoms with Crippen LogP contribution in [0.15, 0.2) is 12.1 Å². The normalized spacial score (nSPS) is 20.4. The first-order valence-electron chi connectivity index (χ1n) is 7.33. The van der Waals surface area contributed by atoms with Gasteiger partial charge in [0.15, 0.2) is 0 Å². The Kier molecular flexibility index (Phi) is 5.39. The van der Waals surface area contributed by atoms with Crippen LogP contribution in [0.4, 0.5) is 0 Å². The van der Waals surface area contributed by atoms with E-state index in [1.54, 1.807) is 0 Å². The average Bonchev–Trinajstić information content (AvgIpc) is 2.93. The van der Waals surface area contributed by atoms with Crippen LogP contribution in [-0.2, 0) is 17.6 Å². The summed E-state index contributed by atoms with van der Waals surface area (Å²) in [4.78, 5) is 2.85. The molecule has 0 saturated heterocycles. The number of nitrogens with two attached hydrogens (primary N) is 1. The zero-order valence-electron chi connectivity index (χ0n) is 12.1. The van der Waals surface area contributed by atoms with Gasteiger partial charge < -0.3 is 4.74 Å². The van der Waals surface area contributed by atoms with Crippen molar-refractivity contribution >= 4 is 11.3 Å². The number of hydrogen-bond acceptors (Lipinski definition) is 4. The Labute approximate surface area is 120 Å². The minimum absolute atomic E-state index is 0.0800. The summed E-state index contributed by atoms with van der Waals surface area (Å²) in [6.07, 6.45) is 8.12. The molecule has 1 fully saturated rings. The molecule has 0 radical (unpaired) electrons. The smallest absolute Gasteiger partial charge is 0.0847 e. The molecule has 2 rings (SSSR count). The Hall–Kier alpha value is -0.420. The Balaban J connectivity index is 2.09. The van der Waals surface area contributed by atoms with Crippen molar-refractivity contribution < 1.29 is 4.74 Å². The fourth-order valence-corrected chi connectivity index (χ4v) is 4.17. The maximum Gasteiger partial charge on any atom is 0.0847 e. The Morgan fingerprint density at radius 3 is 2.53 bits per heavy atom. The van der Waals surface area contributed by atoms with Crippen LogP contribution in [0.1, 0.15) is 48.8 Å². The molecule has 1 saturated carbocycles. The highest BCUT2D eigenvalue weighted by Gasteiger charge is 2.39. The number of aryl methyl sites for hydroxylation is 1. The Morgan fingerprint density at radius 2 is 2.00 bits per heavy atom. The molecule has 1 heterocycles. The van der Waals surface area contributed by atoms with Gasteiger partial charge in [0.2, 0.25) is 0 Å². The fourth-order valence-electron chi connectivity index (χ4n) is 3.17. The summed E-state index contributed by atoms with van der Waals surface area (Å²) in [6, 6.07) is 4.68. The summed E-state index contributed by atoms with van der Waals surface area (Å²) in [7, 11) is 1.83. The third kappa shape index (κ3) is 3.37. The second-order valence-corrected chi connectivity index (χ2v) is 6.73. The molecule has 4 heteroatoms. The monoisotopic (exact) mass is 282 g/mol. The molecule has 3 nitrogen and oxygen atoms in total. The minimum atomic E-state index is -0.0800. The summed E-state index contributed by atoms with van der Waals surface area (Å²) >= 11 is 1.90. The van der Waals surface area contributed by atoms with Crippen molar-refractivity contribution in [3.8, 4) is 0 Å². The summed E-state index contributed by atoms with van der Waals surface area (Å²) in [5, 5.41) is 0. The minimum Gasteiger partial charge on any atom is -0.377 e. The van der Waals surface area contributed by atoms with Gasteiger partial charge >= 0.3 is 0 Å². The van der Waals surface area contributed by atoms with Crippen molar-refractivity contribution in [2.75, 3.05) is 7.11 Å². The molecule has 0 amide bonds. The topological polar surface area (TPSA) is 47.3 Å². The molecule has 0 aromatic carbocycles. The molecule has 1 aliphatic carbocycles. The van der Waals surface area contributed by atoms with E-state index in [2.05, 4.69) is 24.5 Å². The highest BCUT2D eigenvalue weighted by molar-refractivity contribution is 7.11. The van der Waals surface area contributed by atoms with Crippen LogP contribution in [0, 0.1) is 0 Å². The molecule has 108 valence electrons. The molecule has 0 aliphatic heterocycles. The third-order valence-corrected chi connectivity index (χ3v) is 5.67. The highest BCUT2D eigenvalue weighted by Crippen LogP contribution is 2.35. The van der Waals surface area contributed by atoms with E-state index >= 15 is 0 Å². The second-order valence-electron chi connectivity index (χ2n) is 5.47. The first-order chi connectivity index (χ1) is 9.24. The molecular formula is C15H26N2OS. The average molecular weight is 282 g/mol. The number of rotatable bonds is 6. The standard InChI is InChI=1S/C15H26N2OS/c1-3-12-7-8-13(19-12)11-14(17-16)15(18-2)9-5-4-6-10-15/h7-8,14,17H,3-6,9-11,16H2,1-2H3. The van der Waals surface area contributed by atoms with Crippen LogP contribution in [-0.4, -0.2) is 18.8 Å². The van der Waals surface area contributed by atoms with Gasteiger partial charge in [-0.2, -0.15) is 0 Å².